The average Bonchev–Trinajstić information content (AvgIpc) is 2.70. The fourth-order valence-corrected chi connectivity index (χ4v) is 3.58. The van der Waals surface area contributed by atoms with Crippen molar-refractivity contribution in [1.29, 1.82) is 0 Å². The molecule has 1 unspecified atom stereocenters. The van der Waals surface area contributed by atoms with Crippen LogP contribution in [0.3, 0.4) is 0 Å². The van der Waals surface area contributed by atoms with E-state index in [-0.39, 0.29) is 18.9 Å². The first-order valence-electron chi connectivity index (χ1n) is 9.51. The summed E-state index contributed by atoms with van der Waals surface area (Å²) >= 11 is 0. The summed E-state index contributed by atoms with van der Waals surface area (Å²) in [6.07, 6.45) is 1.48. The first kappa shape index (κ1) is 20.5. The van der Waals surface area contributed by atoms with Crippen LogP contribution in [0.25, 0.3) is 0 Å². The van der Waals surface area contributed by atoms with E-state index in [4.69, 9.17) is 4.74 Å². The highest BCUT2D eigenvalue weighted by molar-refractivity contribution is 5.96. The maximum atomic E-state index is 14.5. The van der Waals surface area contributed by atoms with Crippen LogP contribution in [0.15, 0.2) is 72.5 Å². The van der Waals surface area contributed by atoms with Gasteiger partial charge in [-0.1, -0.05) is 60.7 Å². The summed E-state index contributed by atoms with van der Waals surface area (Å²) in [6, 6.07) is 14.1. The van der Waals surface area contributed by atoms with Crippen molar-refractivity contribution in [3.8, 4) is 0 Å². The zero-order valence-electron chi connectivity index (χ0n) is 16.7. The third-order valence-electron chi connectivity index (χ3n) is 5.12. The zero-order chi connectivity index (χ0) is 21.0. The van der Waals surface area contributed by atoms with Crippen molar-refractivity contribution in [3.63, 3.8) is 0 Å². The molecule has 1 heterocycles. The lowest BCUT2D eigenvalue weighted by Gasteiger charge is -2.34. The van der Waals surface area contributed by atoms with Crippen LogP contribution in [-0.4, -0.2) is 23.4 Å². The van der Waals surface area contributed by atoms with Gasteiger partial charge in [-0.25, -0.2) is 9.18 Å². The van der Waals surface area contributed by atoms with Gasteiger partial charge in [0.05, 0.1) is 12.1 Å². The van der Waals surface area contributed by atoms with E-state index in [1.807, 2.05) is 31.2 Å². The molecule has 2 aromatic carbocycles. The Hall–Kier alpha value is -3.21. The number of nitrogens with zero attached hydrogens (tertiary/aromatic N) is 1. The van der Waals surface area contributed by atoms with Gasteiger partial charge < -0.3 is 9.64 Å². The molecule has 4 nitrogen and oxygen atoms in total. The molecule has 0 bridgehead atoms. The molecule has 1 aliphatic rings. The molecule has 29 heavy (non-hydrogen) atoms. The van der Waals surface area contributed by atoms with Crippen LogP contribution in [-0.2, 0) is 20.9 Å². The molecular weight excluding hydrogens is 369 g/mol. The molecule has 1 amide bonds. The summed E-state index contributed by atoms with van der Waals surface area (Å²) in [6.45, 7) is 7.65. The monoisotopic (exact) mass is 393 g/mol. The summed E-state index contributed by atoms with van der Waals surface area (Å²) < 4.78 is 19.8. The van der Waals surface area contributed by atoms with Crippen molar-refractivity contribution in [2.24, 2.45) is 0 Å². The van der Waals surface area contributed by atoms with Gasteiger partial charge in [0, 0.05) is 18.0 Å². The van der Waals surface area contributed by atoms with E-state index in [0.29, 0.717) is 23.4 Å². The van der Waals surface area contributed by atoms with Gasteiger partial charge in [-0.05, 0) is 31.0 Å². The van der Waals surface area contributed by atoms with Crippen LogP contribution in [0, 0.1) is 12.7 Å². The Morgan fingerprint density at radius 3 is 2.55 bits per heavy atom. The molecule has 2 aromatic rings. The number of halogens is 1. The summed E-state index contributed by atoms with van der Waals surface area (Å²) in [5.41, 5.74) is 3.19. The van der Waals surface area contributed by atoms with Crippen molar-refractivity contribution < 1.29 is 18.7 Å². The standard InChI is InChI=1S/C24H24FNO3/c1-4-13-29-24(28)23-17(3)26(15-18-11-9-16(2)10-12-18)22(27)14-20(23)19-7-5-6-8-21(19)25/h4-12,20H,1,13-15H2,2-3H3. The Morgan fingerprint density at radius 2 is 1.90 bits per heavy atom. The lowest BCUT2D eigenvalue weighted by atomic mass is 9.83. The first-order chi connectivity index (χ1) is 13.9. The van der Waals surface area contributed by atoms with Crippen LogP contribution in [0.1, 0.15) is 36.0 Å². The van der Waals surface area contributed by atoms with Crippen molar-refractivity contribution in [3.05, 3.63) is 95.0 Å². The second-order valence-corrected chi connectivity index (χ2v) is 7.13. The molecule has 1 aliphatic heterocycles. The molecule has 0 saturated carbocycles. The molecule has 0 aromatic heterocycles. The van der Waals surface area contributed by atoms with Gasteiger partial charge >= 0.3 is 5.97 Å². The van der Waals surface area contributed by atoms with Gasteiger partial charge in [-0.3, -0.25) is 4.79 Å². The van der Waals surface area contributed by atoms with Gasteiger partial charge in [0.15, 0.2) is 0 Å². The lowest BCUT2D eigenvalue weighted by molar-refractivity contribution is -0.139. The summed E-state index contributed by atoms with van der Waals surface area (Å²) in [5.74, 6) is -1.84. The zero-order valence-corrected chi connectivity index (χ0v) is 16.7. The predicted molar refractivity (Wildman–Crippen MR) is 109 cm³/mol. The van der Waals surface area contributed by atoms with Gasteiger partial charge in [0.1, 0.15) is 12.4 Å². The Morgan fingerprint density at radius 1 is 1.21 bits per heavy atom. The number of esters is 1. The molecule has 0 N–H and O–H groups in total. The molecule has 3 rings (SSSR count). The number of allylic oxidation sites excluding steroid dienone is 1. The third-order valence-corrected chi connectivity index (χ3v) is 5.12. The quantitative estimate of drug-likeness (QED) is 0.530. The number of rotatable bonds is 6. The number of hydrogen-bond donors (Lipinski definition) is 0. The van der Waals surface area contributed by atoms with Gasteiger partial charge in [0.25, 0.3) is 0 Å². The Bertz CT molecular complexity index is 962. The predicted octanol–water partition coefficient (Wildman–Crippen LogP) is 4.65. The van der Waals surface area contributed by atoms with E-state index in [1.54, 1.807) is 30.0 Å². The van der Waals surface area contributed by atoms with E-state index in [2.05, 4.69) is 6.58 Å². The molecular formula is C24H24FNO3. The van der Waals surface area contributed by atoms with E-state index < -0.39 is 17.7 Å². The summed E-state index contributed by atoms with van der Waals surface area (Å²) in [4.78, 5) is 27.4. The normalized spacial score (nSPS) is 16.7. The van der Waals surface area contributed by atoms with Crippen molar-refractivity contribution in [1.82, 2.24) is 4.90 Å². The molecule has 0 saturated heterocycles. The molecule has 1 atom stereocenters. The number of aryl methyl sites for hydroxylation is 1. The molecule has 0 radical (unpaired) electrons. The maximum absolute atomic E-state index is 14.5. The largest absolute Gasteiger partial charge is 0.458 e. The van der Waals surface area contributed by atoms with Gasteiger partial charge in [-0.2, -0.15) is 0 Å². The van der Waals surface area contributed by atoms with E-state index in [9.17, 15) is 14.0 Å². The smallest absolute Gasteiger partial charge is 0.336 e. The fraction of sp³-hybridized carbons (Fsp3) is 0.250. The van der Waals surface area contributed by atoms with Crippen molar-refractivity contribution in [2.75, 3.05) is 6.61 Å². The highest BCUT2D eigenvalue weighted by Gasteiger charge is 2.37. The number of benzene rings is 2. The van der Waals surface area contributed by atoms with E-state index in [0.717, 1.165) is 11.1 Å². The molecule has 0 aliphatic carbocycles. The van der Waals surface area contributed by atoms with Gasteiger partial charge in [0.2, 0.25) is 5.91 Å². The first-order valence-corrected chi connectivity index (χ1v) is 9.51. The van der Waals surface area contributed by atoms with E-state index >= 15 is 0 Å². The highest BCUT2D eigenvalue weighted by Crippen LogP contribution is 2.38. The third kappa shape index (κ3) is 4.45. The van der Waals surface area contributed by atoms with Crippen LogP contribution in [0.2, 0.25) is 0 Å². The summed E-state index contributed by atoms with van der Waals surface area (Å²) in [7, 11) is 0. The fourth-order valence-electron chi connectivity index (χ4n) is 3.58. The minimum Gasteiger partial charge on any atom is -0.458 e. The maximum Gasteiger partial charge on any atom is 0.336 e. The van der Waals surface area contributed by atoms with Crippen LogP contribution in [0.4, 0.5) is 4.39 Å². The van der Waals surface area contributed by atoms with Crippen LogP contribution < -0.4 is 0 Å². The number of hydrogen-bond acceptors (Lipinski definition) is 3. The highest BCUT2D eigenvalue weighted by atomic mass is 19.1. The SMILES string of the molecule is C=CCOC(=O)C1=C(C)N(Cc2ccc(C)cc2)C(=O)CC1c1ccccc1F. The second-order valence-electron chi connectivity index (χ2n) is 7.13. The van der Waals surface area contributed by atoms with Crippen molar-refractivity contribution in [2.45, 2.75) is 32.7 Å². The Labute approximate surface area is 170 Å². The Kier molecular flexibility index (Phi) is 6.27. The van der Waals surface area contributed by atoms with E-state index in [1.165, 1.54) is 12.1 Å². The number of ether oxygens (including phenoxy) is 1. The topological polar surface area (TPSA) is 46.6 Å². The Balaban J connectivity index is 2.03. The van der Waals surface area contributed by atoms with Crippen LogP contribution in [0.5, 0.6) is 0 Å². The molecule has 150 valence electrons. The second kappa shape index (κ2) is 8.86. The minimum atomic E-state index is -0.685. The number of carbonyl (C=O) groups excluding carboxylic acids is 2. The summed E-state index contributed by atoms with van der Waals surface area (Å²) in [5, 5.41) is 0. The average molecular weight is 393 g/mol. The molecule has 0 spiro atoms. The number of amides is 1. The number of carbonyl (C=O) groups is 2. The lowest BCUT2D eigenvalue weighted by Crippen LogP contribution is -2.38. The molecule has 5 heteroatoms. The molecule has 0 fully saturated rings. The van der Waals surface area contributed by atoms with Gasteiger partial charge in [-0.15, -0.1) is 0 Å². The minimum absolute atomic E-state index is 0.00264. The van der Waals surface area contributed by atoms with Crippen molar-refractivity contribution >= 4 is 11.9 Å². The van der Waals surface area contributed by atoms with Crippen LogP contribution >= 0.6 is 0 Å².